The minimum atomic E-state index is -0.0542. The number of aryl methyl sites for hydroxylation is 1. The van der Waals surface area contributed by atoms with Crippen LogP contribution >= 0.6 is 11.3 Å². The van der Waals surface area contributed by atoms with Crippen LogP contribution in [0, 0.1) is 6.92 Å². The molecule has 0 bridgehead atoms. The van der Waals surface area contributed by atoms with Gasteiger partial charge in [0.05, 0.1) is 23.0 Å². The summed E-state index contributed by atoms with van der Waals surface area (Å²) in [6.45, 7) is 9.06. The summed E-state index contributed by atoms with van der Waals surface area (Å²) in [6.07, 6.45) is 8.07. The molecule has 2 aromatic rings. The molecule has 7 heteroatoms. The first-order valence-electron chi connectivity index (χ1n) is 9.96. The van der Waals surface area contributed by atoms with E-state index in [9.17, 15) is 4.79 Å². The number of fused-ring (bicyclic) bond motifs is 1. The van der Waals surface area contributed by atoms with Gasteiger partial charge in [-0.2, -0.15) is 0 Å². The van der Waals surface area contributed by atoms with E-state index in [-0.39, 0.29) is 12.0 Å². The maximum Gasteiger partial charge on any atom is 0.261 e. The average Bonchev–Trinajstić information content (AvgIpc) is 2.95. The molecule has 6 nitrogen and oxygen atoms in total. The monoisotopic (exact) mass is 390 g/mol. The molecule has 0 aromatic carbocycles. The van der Waals surface area contributed by atoms with Crippen LogP contribution in [0.1, 0.15) is 61.2 Å². The minimum absolute atomic E-state index is 0.0542. The van der Waals surface area contributed by atoms with Gasteiger partial charge in [0.15, 0.2) is 0 Å². The van der Waals surface area contributed by atoms with Crippen molar-refractivity contribution in [2.24, 2.45) is 0 Å². The lowest BCUT2D eigenvalue weighted by Gasteiger charge is -2.26. The second kappa shape index (κ2) is 9.46. The van der Waals surface area contributed by atoms with Crippen LogP contribution in [-0.4, -0.2) is 48.2 Å². The SMILES string of the molecule is Cc1c(C(=O)NCCOC(C)C)sc2ncnc(N3CCCCCCC3)c12. The molecule has 0 spiro atoms. The van der Waals surface area contributed by atoms with Gasteiger partial charge in [0.25, 0.3) is 5.91 Å². The first-order chi connectivity index (χ1) is 13.1. The standard InChI is InChI=1S/C20H30N4O2S/c1-14(2)26-12-9-21-19(25)17-15(3)16-18(22-13-23-20(16)27-17)24-10-7-5-4-6-8-11-24/h13-14H,4-12H2,1-3H3,(H,21,25). The van der Waals surface area contributed by atoms with Crippen molar-refractivity contribution in [3.05, 3.63) is 16.8 Å². The van der Waals surface area contributed by atoms with Gasteiger partial charge in [0.1, 0.15) is 17.0 Å². The lowest BCUT2D eigenvalue weighted by atomic mass is 10.1. The summed E-state index contributed by atoms with van der Waals surface area (Å²) in [6, 6.07) is 0. The zero-order chi connectivity index (χ0) is 19.2. The van der Waals surface area contributed by atoms with E-state index in [1.54, 1.807) is 6.33 Å². The number of rotatable bonds is 6. The molecule has 2 aromatic heterocycles. The van der Waals surface area contributed by atoms with Crippen LogP contribution in [0.25, 0.3) is 10.2 Å². The quantitative estimate of drug-likeness (QED) is 0.757. The summed E-state index contributed by atoms with van der Waals surface area (Å²) >= 11 is 1.45. The Morgan fingerprint density at radius 3 is 2.63 bits per heavy atom. The van der Waals surface area contributed by atoms with E-state index in [1.165, 1.54) is 43.4 Å². The molecule has 148 valence electrons. The zero-order valence-corrected chi connectivity index (χ0v) is 17.4. The Morgan fingerprint density at radius 1 is 1.22 bits per heavy atom. The van der Waals surface area contributed by atoms with Gasteiger partial charge in [0.2, 0.25) is 0 Å². The van der Waals surface area contributed by atoms with Gasteiger partial charge >= 0.3 is 0 Å². The van der Waals surface area contributed by atoms with Crippen LogP contribution in [0.4, 0.5) is 5.82 Å². The molecular weight excluding hydrogens is 360 g/mol. The van der Waals surface area contributed by atoms with Crippen LogP contribution in [0.2, 0.25) is 0 Å². The summed E-state index contributed by atoms with van der Waals surface area (Å²) in [5.41, 5.74) is 0.981. The Morgan fingerprint density at radius 2 is 1.93 bits per heavy atom. The Bertz CT molecular complexity index is 767. The lowest BCUT2D eigenvalue weighted by Crippen LogP contribution is -2.28. The van der Waals surface area contributed by atoms with Crippen molar-refractivity contribution in [3.8, 4) is 0 Å². The van der Waals surface area contributed by atoms with E-state index in [1.807, 2.05) is 20.8 Å². The maximum absolute atomic E-state index is 12.6. The van der Waals surface area contributed by atoms with E-state index >= 15 is 0 Å². The fraction of sp³-hybridized carbons (Fsp3) is 0.650. The summed E-state index contributed by atoms with van der Waals surface area (Å²) in [5, 5.41) is 3.99. The molecule has 0 unspecified atom stereocenters. The zero-order valence-electron chi connectivity index (χ0n) is 16.6. The Kier molecular flexibility index (Phi) is 7.01. The number of hydrogen-bond donors (Lipinski definition) is 1. The number of anilines is 1. The summed E-state index contributed by atoms with van der Waals surface area (Å²) in [5.74, 6) is 0.930. The fourth-order valence-corrected chi connectivity index (χ4v) is 4.57. The molecule has 1 aliphatic rings. The van der Waals surface area contributed by atoms with E-state index < -0.39 is 0 Å². The number of nitrogens with one attached hydrogen (secondary N) is 1. The minimum Gasteiger partial charge on any atom is -0.377 e. The first kappa shape index (κ1) is 20.0. The second-order valence-corrected chi connectivity index (χ2v) is 8.36. The van der Waals surface area contributed by atoms with Gasteiger partial charge in [-0.05, 0) is 39.2 Å². The molecule has 3 rings (SSSR count). The van der Waals surface area contributed by atoms with Crippen molar-refractivity contribution in [2.45, 2.75) is 59.0 Å². The third-order valence-corrected chi connectivity index (χ3v) is 6.11. The molecule has 27 heavy (non-hydrogen) atoms. The molecule has 3 heterocycles. The molecule has 1 fully saturated rings. The van der Waals surface area contributed by atoms with Crippen LogP contribution in [0.15, 0.2) is 6.33 Å². The van der Waals surface area contributed by atoms with Crippen molar-refractivity contribution in [3.63, 3.8) is 0 Å². The van der Waals surface area contributed by atoms with E-state index in [0.717, 1.165) is 39.6 Å². The number of thiophene rings is 1. The maximum atomic E-state index is 12.6. The van der Waals surface area contributed by atoms with E-state index in [2.05, 4.69) is 20.2 Å². The van der Waals surface area contributed by atoms with Crippen LogP contribution in [0.5, 0.6) is 0 Å². The molecule has 0 atom stereocenters. The Hall–Kier alpha value is -1.73. The van der Waals surface area contributed by atoms with E-state index in [4.69, 9.17) is 4.74 Å². The molecule has 0 radical (unpaired) electrons. The normalized spacial score (nSPS) is 15.8. The van der Waals surface area contributed by atoms with Crippen LogP contribution < -0.4 is 10.2 Å². The summed E-state index contributed by atoms with van der Waals surface area (Å²) in [7, 11) is 0. The molecule has 1 aliphatic heterocycles. The molecular formula is C20H30N4O2S. The predicted molar refractivity (Wildman–Crippen MR) is 111 cm³/mol. The van der Waals surface area contributed by atoms with E-state index in [0.29, 0.717) is 13.2 Å². The summed E-state index contributed by atoms with van der Waals surface area (Å²) in [4.78, 5) is 25.7. The number of carbonyl (C=O) groups is 1. The molecule has 0 aliphatic carbocycles. The van der Waals surface area contributed by atoms with Gasteiger partial charge in [-0.1, -0.05) is 19.3 Å². The van der Waals surface area contributed by atoms with Crippen LogP contribution in [0.3, 0.4) is 0 Å². The number of aromatic nitrogens is 2. The van der Waals surface area contributed by atoms with Crippen molar-refractivity contribution >= 4 is 33.3 Å². The topological polar surface area (TPSA) is 67.3 Å². The predicted octanol–water partition coefficient (Wildman–Crippen LogP) is 3.93. The number of amides is 1. The first-order valence-corrected chi connectivity index (χ1v) is 10.8. The smallest absolute Gasteiger partial charge is 0.261 e. The highest BCUT2D eigenvalue weighted by atomic mass is 32.1. The number of ether oxygens (including phenoxy) is 1. The van der Waals surface area contributed by atoms with Gasteiger partial charge in [-0.3, -0.25) is 4.79 Å². The highest BCUT2D eigenvalue weighted by molar-refractivity contribution is 7.20. The van der Waals surface area contributed by atoms with Gasteiger partial charge in [-0.15, -0.1) is 11.3 Å². The average molecular weight is 391 g/mol. The second-order valence-electron chi connectivity index (χ2n) is 7.36. The number of hydrogen-bond acceptors (Lipinski definition) is 6. The summed E-state index contributed by atoms with van der Waals surface area (Å²) < 4.78 is 5.50. The van der Waals surface area contributed by atoms with Crippen molar-refractivity contribution in [2.75, 3.05) is 31.1 Å². The molecule has 1 amide bonds. The highest BCUT2D eigenvalue weighted by Crippen LogP contribution is 2.35. The van der Waals surface area contributed by atoms with Gasteiger partial charge < -0.3 is 15.0 Å². The molecule has 0 saturated carbocycles. The molecule has 1 N–H and O–H groups in total. The van der Waals surface area contributed by atoms with Gasteiger partial charge in [-0.25, -0.2) is 9.97 Å². The number of carbonyl (C=O) groups excluding carboxylic acids is 1. The van der Waals surface area contributed by atoms with Gasteiger partial charge in [0, 0.05) is 19.6 Å². The fourth-order valence-electron chi connectivity index (χ4n) is 3.51. The van der Waals surface area contributed by atoms with Crippen molar-refractivity contribution in [1.82, 2.24) is 15.3 Å². The number of nitrogens with zero attached hydrogens (tertiary/aromatic N) is 3. The highest BCUT2D eigenvalue weighted by Gasteiger charge is 2.22. The third-order valence-electron chi connectivity index (χ3n) is 4.91. The lowest BCUT2D eigenvalue weighted by molar-refractivity contribution is 0.0748. The van der Waals surface area contributed by atoms with Crippen LogP contribution in [-0.2, 0) is 4.74 Å². The molecule has 1 saturated heterocycles. The van der Waals surface area contributed by atoms with Crippen molar-refractivity contribution < 1.29 is 9.53 Å². The third kappa shape index (κ3) is 4.96. The van der Waals surface area contributed by atoms with Crippen molar-refractivity contribution in [1.29, 1.82) is 0 Å². The largest absolute Gasteiger partial charge is 0.377 e. The Balaban J connectivity index is 1.80. The Labute approximate surface area is 165 Å².